The molecule has 7 nitrogen and oxygen atoms in total. The molecular weight excluding hydrogens is 418 g/mol. The molecule has 4 rings (SSSR count). The van der Waals surface area contributed by atoms with E-state index in [1.54, 1.807) is 55.6 Å². The maximum absolute atomic E-state index is 12.9. The average molecular weight is 442 g/mol. The van der Waals surface area contributed by atoms with E-state index in [2.05, 4.69) is 4.99 Å². The van der Waals surface area contributed by atoms with Crippen LogP contribution in [0.15, 0.2) is 65.7 Å². The van der Waals surface area contributed by atoms with E-state index in [1.807, 2.05) is 19.1 Å². The Balaban J connectivity index is 1.64. The van der Waals surface area contributed by atoms with Crippen LogP contribution in [0.1, 0.15) is 27.6 Å². The monoisotopic (exact) mass is 441 g/mol. The summed E-state index contributed by atoms with van der Waals surface area (Å²) in [6, 6.07) is 16.9. The molecule has 8 heteroatoms. The van der Waals surface area contributed by atoms with Crippen molar-refractivity contribution >= 4 is 28.7 Å². The minimum atomic E-state index is -0.878. The van der Waals surface area contributed by atoms with Crippen molar-refractivity contribution in [1.29, 1.82) is 0 Å². The summed E-state index contributed by atoms with van der Waals surface area (Å²) in [7, 11) is 1.54. The third kappa shape index (κ3) is 4.81. The molecule has 1 saturated heterocycles. The summed E-state index contributed by atoms with van der Waals surface area (Å²) in [6.07, 6.45) is -2.30. The third-order valence-corrected chi connectivity index (χ3v) is 6.14. The highest BCUT2D eigenvalue weighted by Gasteiger charge is 2.52. The van der Waals surface area contributed by atoms with E-state index in [-0.39, 0.29) is 12.0 Å². The van der Waals surface area contributed by atoms with E-state index in [0.717, 1.165) is 5.04 Å². The Bertz CT molecular complexity index is 951. The van der Waals surface area contributed by atoms with Crippen LogP contribution in [0.3, 0.4) is 0 Å². The molecule has 2 aromatic carbocycles. The van der Waals surface area contributed by atoms with Crippen molar-refractivity contribution in [2.45, 2.75) is 36.7 Å². The second kappa shape index (κ2) is 9.64. The van der Waals surface area contributed by atoms with Crippen molar-refractivity contribution in [3.8, 4) is 0 Å². The first-order valence-electron chi connectivity index (χ1n) is 9.94. The Morgan fingerprint density at radius 1 is 0.935 bits per heavy atom. The number of rotatable bonds is 6. The molecule has 2 heterocycles. The number of ether oxygens (including phenoxy) is 4. The molecule has 1 unspecified atom stereocenters. The van der Waals surface area contributed by atoms with E-state index >= 15 is 0 Å². The summed E-state index contributed by atoms with van der Waals surface area (Å²) < 4.78 is 23.2. The standard InChI is InChI=1S/C23H23NO6S/c1-14-24-18-20(30-22(26)16-11-7-4-8-12-16)19(17(13-27-2)28-23(18)31-14)29-21(25)15-9-5-3-6-10-15/h3-12,17-20,23H,13H2,1-2H3/t17-,18-,19-,20?,23-/m1/s1. The van der Waals surface area contributed by atoms with Crippen molar-refractivity contribution in [2.75, 3.05) is 13.7 Å². The molecule has 2 aliphatic rings. The maximum Gasteiger partial charge on any atom is 0.338 e. The van der Waals surface area contributed by atoms with Crippen molar-refractivity contribution in [3.05, 3.63) is 71.8 Å². The van der Waals surface area contributed by atoms with Crippen molar-refractivity contribution in [3.63, 3.8) is 0 Å². The number of methoxy groups -OCH3 is 1. The summed E-state index contributed by atoms with van der Waals surface area (Å²) in [5.41, 5.74) is 0.461. The van der Waals surface area contributed by atoms with Gasteiger partial charge in [-0.2, -0.15) is 0 Å². The summed E-state index contributed by atoms with van der Waals surface area (Å²) in [5.74, 6) is -1.03. The smallest absolute Gasteiger partial charge is 0.338 e. The zero-order valence-corrected chi connectivity index (χ0v) is 18.0. The van der Waals surface area contributed by atoms with Gasteiger partial charge in [0.15, 0.2) is 12.2 Å². The van der Waals surface area contributed by atoms with Crippen LogP contribution in [0, 0.1) is 0 Å². The van der Waals surface area contributed by atoms with Gasteiger partial charge in [0, 0.05) is 7.11 Å². The Hall–Kier alpha value is -2.68. The van der Waals surface area contributed by atoms with Crippen LogP contribution in [0.2, 0.25) is 0 Å². The molecule has 31 heavy (non-hydrogen) atoms. The third-order valence-electron chi connectivity index (χ3n) is 5.07. The molecule has 0 aromatic heterocycles. The molecule has 0 saturated carbocycles. The number of carbonyl (C=O) groups excluding carboxylic acids is 2. The second-order valence-corrected chi connectivity index (χ2v) is 8.52. The first-order chi connectivity index (χ1) is 15.1. The fourth-order valence-electron chi connectivity index (χ4n) is 3.64. The van der Waals surface area contributed by atoms with Gasteiger partial charge >= 0.3 is 11.9 Å². The van der Waals surface area contributed by atoms with Crippen molar-refractivity contribution in [1.82, 2.24) is 0 Å². The van der Waals surface area contributed by atoms with Crippen LogP contribution >= 0.6 is 11.8 Å². The number of nitrogens with zero attached hydrogens (tertiary/aromatic N) is 1. The molecule has 5 atom stereocenters. The number of aliphatic imine (C=N–C) groups is 1. The quantitative estimate of drug-likeness (QED) is 0.636. The predicted molar refractivity (Wildman–Crippen MR) is 116 cm³/mol. The van der Waals surface area contributed by atoms with Crippen LogP contribution in [-0.2, 0) is 18.9 Å². The predicted octanol–water partition coefficient (Wildman–Crippen LogP) is 3.34. The van der Waals surface area contributed by atoms with Crippen molar-refractivity contribution in [2.24, 2.45) is 4.99 Å². The lowest BCUT2D eigenvalue weighted by molar-refractivity contribution is -0.171. The summed E-state index contributed by atoms with van der Waals surface area (Å²) in [4.78, 5) is 30.3. The number of fused-ring (bicyclic) bond motifs is 1. The van der Waals surface area contributed by atoms with Crippen molar-refractivity contribution < 1.29 is 28.5 Å². The molecule has 0 bridgehead atoms. The largest absolute Gasteiger partial charge is 0.452 e. The lowest BCUT2D eigenvalue weighted by Gasteiger charge is -2.41. The highest BCUT2D eigenvalue weighted by atomic mass is 32.2. The van der Waals surface area contributed by atoms with Gasteiger partial charge in [-0.05, 0) is 31.2 Å². The molecule has 0 N–H and O–H groups in total. The maximum atomic E-state index is 12.9. The first kappa shape index (κ1) is 21.5. The van der Waals surface area contributed by atoms with Gasteiger partial charge in [-0.25, -0.2) is 9.59 Å². The van der Waals surface area contributed by atoms with Crippen LogP contribution in [-0.4, -0.2) is 60.5 Å². The van der Waals surface area contributed by atoms with Gasteiger partial charge < -0.3 is 18.9 Å². The molecule has 0 aliphatic carbocycles. The Morgan fingerprint density at radius 2 is 1.48 bits per heavy atom. The Morgan fingerprint density at radius 3 is 2.03 bits per heavy atom. The minimum Gasteiger partial charge on any atom is -0.452 e. The van der Waals surface area contributed by atoms with Gasteiger partial charge in [-0.1, -0.05) is 48.2 Å². The second-order valence-electron chi connectivity index (χ2n) is 7.23. The lowest BCUT2D eigenvalue weighted by atomic mass is 9.97. The van der Waals surface area contributed by atoms with E-state index in [1.165, 1.54) is 11.8 Å². The van der Waals surface area contributed by atoms with Gasteiger partial charge in [0.25, 0.3) is 0 Å². The van der Waals surface area contributed by atoms with Gasteiger partial charge in [-0.3, -0.25) is 4.99 Å². The van der Waals surface area contributed by atoms with Crippen LogP contribution in [0.4, 0.5) is 0 Å². The molecule has 0 radical (unpaired) electrons. The molecule has 2 aliphatic heterocycles. The summed E-state index contributed by atoms with van der Waals surface area (Å²) in [6.45, 7) is 2.05. The zero-order valence-electron chi connectivity index (χ0n) is 17.2. The Kier molecular flexibility index (Phi) is 6.70. The highest BCUT2D eigenvalue weighted by molar-refractivity contribution is 8.14. The number of thioether (sulfide) groups is 1. The van der Waals surface area contributed by atoms with Gasteiger partial charge in [0.2, 0.25) is 0 Å². The number of carbonyl (C=O) groups is 2. The lowest BCUT2D eigenvalue weighted by Crippen LogP contribution is -2.59. The van der Waals surface area contributed by atoms with E-state index in [0.29, 0.717) is 11.1 Å². The molecular formula is C23H23NO6S. The molecule has 162 valence electrons. The van der Waals surface area contributed by atoms with Crippen LogP contribution < -0.4 is 0 Å². The molecule has 0 spiro atoms. The summed E-state index contributed by atoms with van der Waals surface area (Å²) >= 11 is 1.46. The van der Waals surface area contributed by atoms with Crippen LogP contribution in [0.25, 0.3) is 0 Å². The number of hydrogen-bond donors (Lipinski definition) is 0. The highest BCUT2D eigenvalue weighted by Crippen LogP contribution is 2.39. The average Bonchev–Trinajstić information content (AvgIpc) is 3.17. The molecule has 0 amide bonds. The van der Waals surface area contributed by atoms with E-state index < -0.39 is 36.3 Å². The van der Waals surface area contributed by atoms with E-state index in [4.69, 9.17) is 18.9 Å². The molecule has 1 fully saturated rings. The fraction of sp³-hybridized carbons (Fsp3) is 0.348. The first-order valence-corrected chi connectivity index (χ1v) is 10.8. The molecule has 2 aromatic rings. The number of benzene rings is 2. The minimum absolute atomic E-state index is 0.176. The normalized spacial score (nSPS) is 27.2. The number of esters is 2. The topological polar surface area (TPSA) is 83.4 Å². The number of hydrogen-bond acceptors (Lipinski definition) is 8. The summed E-state index contributed by atoms with van der Waals surface area (Å²) in [5, 5.41) is 0.821. The zero-order chi connectivity index (χ0) is 21.8. The fourth-order valence-corrected chi connectivity index (χ4v) is 4.71. The van der Waals surface area contributed by atoms with Crippen LogP contribution in [0.5, 0.6) is 0 Å². The Labute approximate surface area is 184 Å². The van der Waals surface area contributed by atoms with Gasteiger partial charge in [-0.15, -0.1) is 0 Å². The van der Waals surface area contributed by atoms with Gasteiger partial charge in [0.1, 0.15) is 17.6 Å². The SMILES string of the molecule is COC[C@H]1O[C@@H]2SC(C)=N[C@@H]2C(OC(=O)c2ccccc2)[C@@H]1OC(=O)c1ccccc1. The van der Waals surface area contributed by atoms with E-state index in [9.17, 15) is 9.59 Å². The van der Waals surface area contributed by atoms with Gasteiger partial charge in [0.05, 0.1) is 22.8 Å².